The molecule has 128 valence electrons. The Morgan fingerprint density at radius 3 is 2.72 bits per heavy atom. The number of amides is 1. The van der Waals surface area contributed by atoms with Gasteiger partial charge in [0.05, 0.1) is 6.42 Å². The van der Waals surface area contributed by atoms with Crippen LogP contribution < -0.4 is 5.32 Å². The summed E-state index contributed by atoms with van der Waals surface area (Å²) in [7, 11) is 0. The van der Waals surface area contributed by atoms with E-state index >= 15 is 0 Å². The molecule has 0 saturated carbocycles. The van der Waals surface area contributed by atoms with Gasteiger partial charge in [0.2, 0.25) is 5.91 Å². The van der Waals surface area contributed by atoms with E-state index in [1.807, 2.05) is 32.0 Å². The van der Waals surface area contributed by atoms with E-state index in [9.17, 15) is 9.18 Å². The fourth-order valence-electron chi connectivity index (χ4n) is 2.48. The number of aryl methyl sites for hydroxylation is 2. The quantitative estimate of drug-likeness (QED) is 0.749. The Bertz CT molecular complexity index is 904. The van der Waals surface area contributed by atoms with Crippen molar-refractivity contribution in [2.75, 3.05) is 5.32 Å². The van der Waals surface area contributed by atoms with Crippen LogP contribution in [0.5, 0.6) is 0 Å². The van der Waals surface area contributed by atoms with Crippen LogP contribution in [-0.2, 0) is 17.6 Å². The van der Waals surface area contributed by atoms with Gasteiger partial charge in [-0.05, 0) is 48.7 Å². The van der Waals surface area contributed by atoms with Gasteiger partial charge in [0.1, 0.15) is 11.6 Å². The highest BCUT2D eigenvalue weighted by Crippen LogP contribution is 2.14. The third-order valence-corrected chi connectivity index (χ3v) is 4.00. The number of nitrogens with one attached hydrogen (secondary N) is 2. The van der Waals surface area contributed by atoms with Gasteiger partial charge < -0.3 is 5.32 Å². The SMILES string of the molecule is Cc1ccc(NC(=O)Cc2n[nH]c(Cc3ccccc3F)n2)cc1C. The number of carbonyl (C=O) groups is 1. The molecule has 2 N–H and O–H groups in total. The minimum Gasteiger partial charge on any atom is -0.326 e. The molecule has 0 saturated heterocycles. The van der Waals surface area contributed by atoms with Gasteiger partial charge in [0, 0.05) is 12.1 Å². The topological polar surface area (TPSA) is 70.7 Å². The molecule has 1 aromatic heterocycles. The number of benzene rings is 2. The summed E-state index contributed by atoms with van der Waals surface area (Å²) in [6, 6.07) is 12.3. The molecule has 3 rings (SSSR count). The Morgan fingerprint density at radius 1 is 1.16 bits per heavy atom. The summed E-state index contributed by atoms with van der Waals surface area (Å²) >= 11 is 0. The van der Waals surface area contributed by atoms with Crippen molar-refractivity contribution in [3.8, 4) is 0 Å². The van der Waals surface area contributed by atoms with Crippen LogP contribution in [-0.4, -0.2) is 21.1 Å². The number of aromatic amines is 1. The maximum Gasteiger partial charge on any atom is 0.232 e. The number of halogens is 1. The number of carbonyl (C=O) groups excluding carboxylic acids is 1. The standard InChI is InChI=1S/C19H19FN4O/c1-12-7-8-15(9-13(12)2)21-19(25)11-18-22-17(23-24-18)10-14-5-3-4-6-16(14)20/h3-9H,10-11H2,1-2H3,(H,21,25)(H,22,23,24). The van der Waals surface area contributed by atoms with Crippen molar-refractivity contribution in [1.29, 1.82) is 0 Å². The van der Waals surface area contributed by atoms with Crippen LogP contribution >= 0.6 is 0 Å². The third kappa shape index (κ3) is 4.29. The average Bonchev–Trinajstić information content (AvgIpc) is 3.00. The number of nitrogens with zero attached hydrogens (tertiary/aromatic N) is 2. The number of hydrogen-bond donors (Lipinski definition) is 2. The predicted octanol–water partition coefficient (Wildman–Crippen LogP) is 3.33. The molecule has 6 heteroatoms. The predicted molar refractivity (Wildman–Crippen MR) is 93.8 cm³/mol. The van der Waals surface area contributed by atoms with E-state index in [0.717, 1.165) is 11.3 Å². The van der Waals surface area contributed by atoms with Gasteiger partial charge in [0.25, 0.3) is 0 Å². The molecule has 3 aromatic rings. The first-order chi connectivity index (χ1) is 12.0. The van der Waals surface area contributed by atoms with Crippen molar-refractivity contribution in [3.05, 3.63) is 76.6 Å². The van der Waals surface area contributed by atoms with Crippen molar-refractivity contribution in [1.82, 2.24) is 15.2 Å². The first kappa shape index (κ1) is 16.8. The molecule has 0 aliphatic heterocycles. The van der Waals surface area contributed by atoms with E-state index in [1.165, 1.54) is 11.6 Å². The van der Waals surface area contributed by atoms with Crippen LogP contribution in [0.2, 0.25) is 0 Å². The fourth-order valence-corrected chi connectivity index (χ4v) is 2.48. The third-order valence-electron chi connectivity index (χ3n) is 4.00. The number of H-pyrrole nitrogens is 1. The summed E-state index contributed by atoms with van der Waals surface area (Å²) in [6.07, 6.45) is 0.360. The van der Waals surface area contributed by atoms with Crippen LogP contribution in [0, 0.1) is 19.7 Å². The van der Waals surface area contributed by atoms with Crippen LogP contribution in [0.4, 0.5) is 10.1 Å². The van der Waals surface area contributed by atoms with E-state index < -0.39 is 0 Å². The molecule has 0 fully saturated rings. The van der Waals surface area contributed by atoms with Gasteiger partial charge in [-0.1, -0.05) is 24.3 Å². The number of anilines is 1. The van der Waals surface area contributed by atoms with Crippen LogP contribution in [0.25, 0.3) is 0 Å². The lowest BCUT2D eigenvalue weighted by atomic mass is 10.1. The zero-order valence-corrected chi connectivity index (χ0v) is 14.1. The minimum absolute atomic E-state index is 0.0562. The monoisotopic (exact) mass is 338 g/mol. The number of hydrogen-bond acceptors (Lipinski definition) is 3. The Hall–Kier alpha value is -3.02. The minimum atomic E-state index is -0.284. The Kier molecular flexibility index (Phi) is 4.88. The van der Waals surface area contributed by atoms with Crippen LogP contribution in [0.1, 0.15) is 28.3 Å². The summed E-state index contributed by atoms with van der Waals surface area (Å²) in [5.41, 5.74) is 3.56. The number of aromatic nitrogens is 3. The summed E-state index contributed by atoms with van der Waals surface area (Å²) in [5, 5.41) is 9.63. The van der Waals surface area contributed by atoms with Crippen molar-refractivity contribution in [3.63, 3.8) is 0 Å². The molecule has 2 aromatic carbocycles. The van der Waals surface area contributed by atoms with Crippen molar-refractivity contribution in [2.45, 2.75) is 26.7 Å². The van der Waals surface area contributed by atoms with Gasteiger partial charge >= 0.3 is 0 Å². The molecule has 25 heavy (non-hydrogen) atoms. The lowest BCUT2D eigenvalue weighted by molar-refractivity contribution is -0.115. The second-order valence-corrected chi connectivity index (χ2v) is 5.99. The molecular weight excluding hydrogens is 319 g/mol. The Labute approximate surface area is 145 Å². The van der Waals surface area contributed by atoms with E-state index in [2.05, 4.69) is 20.5 Å². The molecular formula is C19H19FN4O. The van der Waals surface area contributed by atoms with Crippen molar-refractivity contribution in [2.24, 2.45) is 0 Å². The van der Waals surface area contributed by atoms with E-state index in [1.54, 1.807) is 18.2 Å². The molecule has 0 radical (unpaired) electrons. The first-order valence-electron chi connectivity index (χ1n) is 8.02. The summed E-state index contributed by atoms with van der Waals surface area (Å²) in [5.74, 6) is 0.430. The van der Waals surface area contributed by atoms with Gasteiger partial charge in [-0.15, -0.1) is 0 Å². The summed E-state index contributed by atoms with van der Waals surface area (Å²) in [4.78, 5) is 16.4. The highest BCUT2D eigenvalue weighted by atomic mass is 19.1. The van der Waals surface area contributed by atoms with Gasteiger partial charge in [-0.3, -0.25) is 9.89 Å². The van der Waals surface area contributed by atoms with Gasteiger partial charge in [-0.25, -0.2) is 9.37 Å². The zero-order chi connectivity index (χ0) is 17.8. The van der Waals surface area contributed by atoms with Crippen LogP contribution in [0.3, 0.4) is 0 Å². The first-order valence-corrected chi connectivity index (χ1v) is 8.02. The Balaban J connectivity index is 1.61. The molecule has 0 aliphatic carbocycles. The Morgan fingerprint density at radius 2 is 1.96 bits per heavy atom. The highest BCUT2D eigenvalue weighted by molar-refractivity contribution is 5.91. The maximum absolute atomic E-state index is 13.7. The van der Waals surface area contributed by atoms with Gasteiger partial charge in [0.15, 0.2) is 5.82 Å². The number of rotatable bonds is 5. The van der Waals surface area contributed by atoms with E-state index in [0.29, 0.717) is 23.6 Å². The largest absolute Gasteiger partial charge is 0.326 e. The molecule has 1 amide bonds. The molecule has 0 spiro atoms. The lowest BCUT2D eigenvalue weighted by Gasteiger charge is -2.06. The molecule has 1 heterocycles. The van der Waals surface area contributed by atoms with Crippen LogP contribution in [0.15, 0.2) is 42.5 Å². The average molecular weight is 338 g/mol. The second-order valence-electron chi connectivity index (χ2n) is 5.99. The van der Waals surface area contributed by atoms with E-state index in [-0.39, 0.29) is 18.1 Å². The van der Waals surface area contributed by atoms with Gasteiger partial charge in [-0.2, -0.15) is 5.10 Å². The van der Waals surface area contributed by atoms with E-state index in [4.69, 9.17) is 0 Å². The molecule has 0 aliphatic rings. The smallest absolute Gasteiger partial charge is 0.232 e. The zero-order valence-electron chi connectivity index (χ0n) is 14.1. The summed E-state index contributed by atoms with van der Waals surface area (Å²) in [6.45, 7) is 4.01. The normalized spacial score (nSPS) is 10.7. The fraction of sp³-hybridized carbons (Fsp3) is 0.211. The molecule has 0 bridgehead atoms. The molecule has 0 unspecified atom stereocenters. The molecule has 0 atom stereocenters. The maximum atomic E-state index is 13.7. The highest BCUT2D eigenvalue weighted by Gasteiger charge is 2.11. The summed E-state index contributed by atoms with van der Waals surface area (Å²) < 4.78 is 13.7. The molecule has 5 nitrogen and oxygen atoms in total. The lowest BCUT2D eigenvalue weighted by Crippen LogP contribution is -2.15. The van der Waals surface area contributed by atoms with Crippen molar-refractivity contribution >= 4 is 11.6 Å². The van der Waals surface area contributed by atoms with Crippen molar-refractivity contribution < 1.29 is 9.18 Å². The second kappa shape index (κ2) is 7.25.